The highest BCUT2D eigenvalue weighted by Gasteiger charge is 2.35. The van der Waals surface area contributed by atoms with Gasteiger partial charge in [-0.1, -0.05) is 98.4 Å². The van der Waals surface area contributed by atoms with E-state index in [0.717, 1.165) is 30.4 Å². The van der Waals surface area contributed by atoms with Crippen molar-refractivity contribution in [2.75, 3.05) is 7.05 Å². The number of rotatable bonds is 9. The van der Waals surface area contributed by atoms with Crippen LogP contribution >= 0.6 is 8.58 Å². The van der Waals surface area contributed by atoms with E-state index in [-0.39, 0.29) is 10.6 Å². The van der Waals surface area contributed by atoms with E-state index in [0.29, 0.717) is 20.2 Å². The fraction of sp³-hybridized carbons (Fsp3) is 0.536. The normalized spacial score (nSPS) is 15.6. The van der Waals surface area contributed by atoms with E-state index in [4.69, 9.17) is 0 Å². The second-order valence-corrected chi connectivity index (χ2v) is 11.8. The minimum absolute atomic E-state index is 0.0836. The smallest absolute Gasteiger partial charge is 0.123 e. The predicted octanol–water partition coefficient (Wildman–Crippen LogP) is 7.40. The lowest BCUT2D eigenvalue weighted by molar-refractivity contribution is 0.319. The molecule has 0 aliphatic carbocycles. The van der Waals surface area contributed by atoms with Gasteiger partial charge in [0.1, 0.15) is 5.75 Å². The van der Waals surface area contributed by atoms with Crippen molar-refractivity contribution in [3.05, 3.63) is 58.1 Å². The Balaban J connectivity index is 2.67. The Morgan fingerprint density at radius 3 is 2.26 bits per heavy atom. The molecule has 3 unspecified atom stereocenters. The van der Waals surface area contributed by atoms with Gasteiger partial charge in [-0.2, -0.15) is 0 Å². The molecular weight excluding hydrogens is 397 g/mol. The van der Waals surface area contributed by atoms with E-state index in [1.807, 2.05) is 13.3 Å². The minimum atomic E-state index is -0.128. The van der Waals surface area contributed by atoms with Crippen molar-refractivity contribution in [3.8, 4) is 5.75 Å². The number of aliphatic imine (C=N–C) groups is 1. The SMILES string of the molecule is CCCC(C)(Pc1ccc(C)cc1C=NC)c1cc(C)cc(C(C)(C)C(C)CC)c1O. The molecule has 0 saturated heterocycles. The van der Waals surface area contributed by atoms with Gasteiger partial charge in [0.15, 0.2) is 0 Å². The molecule has 2 nitrogen and oxygen atoms in total. The maximum absolute atomic E-state index is 11.6. The third-order valence-electron chi connectivity index (χ3n) is 7.02. The fourth-order valence-electron chi connectivity index (χ4n) is 4.57. The van der Waals surface area contributed by atoms with Crippen molar-refractivity contribution in [1.82, 2.24) is 0 Å². The minimum Gasteiger partial charge on any atom is -0.507 e. The maximum Gasteiger partial charge on any atom is 0.123 e. The standard InChI is InChI=1S/C28H42NOP/c1-10-14-28(8,31-25-13-12-19(3)15-22(25)18-29-9)24-17-20(4)16-23(26(24)30)27(6,7)21(5)11-2/h12-13,15-18,21,30-31H,10-11,14H2,1-9H3. The Bertz CT molecular complexity index is 931. The molecule has 0 bridgehead atoms. The summed E-state index contributed by atoms with van der Waals surface area (Å²) in [6, 6.07) is 11.1. The van der Waals surface area contributed by atoms with E-state index >= 15 is 0 Å². The zero-order chi connectivity index (χ0) is 23.4. The molecule has 1 N–H and O–H groups in total. The summed E-state index contributed by atoms with van der Waals surface area (Å²) >= 11 is 0. The lowest BCUT2D eigenvalue weighted by Crippen LogP contribution is -2.28. The molecule has 3 atom stereocenters. The number of nitrogens with zero attached hydrogens (tertiary/aromatic N) is 1. The Morgan fingerprint density at radius 2 is 1.68 bits per heavy atom. The number of aryl methyl sites for hydroxylation is 2. The molecule has 0 heterocycles. The van der Waals surface area contributed by atoms with Crippen LogP contribution in [0.15, 0.2) is 35.3 Å². The molecule has 2 aromatic rings. The maximum atomic E-state index is 11.6. The number of hydrogen-bond donors (Lipinski definition) is 1. The molecule has 0 radical (unpaired) electrons. The number of hydrogen-bond acceptors (Lipinski definition) is 2. The molecule has 0 aliphatic heterocycles. The highest BCUT2D eigenvalue weighted by Crippen LogP contribution is 2.51. The van der Waals surface area contributed by atoms with Crippen molar-refractivity contribution in [1.29, 1.82) is 0 Å². The first-order chi connectivity index (χ1) is 14.5. The van der Waals surface area contributed by atoms with Crippen LogP contribution in [0, 0.1) is 19.8 Å². The van der Waals surface area contributed by atoms with Gasteiger partial charge in [-0.3, -0.25) is 4.99 Å². The summed E-state index contributed by atoms with van der Waals surface area (Å²) in [5.74, 6) is 0.981. The van der Waals surface area contributed by atoms with E-state index in [1.165, 1.54) is 22.0 Å². The van der Waals surface area contributed by atoms with Crippen LogP contribution in [0.25, 0.3) is 0 Å². The Kier molecular flexibility index (Phi) is 8.51. The first kappa shape index (κ1) is 25.6. The van der Waals surface area contributed by atoms with E-state index < -0.39 is 0 Å². The molecule has 2 rings (SSSR count). The Hall–Kier alpha value is -1.66. The van der Waals surface area contributed by atoms with Gasteiger partial charge in [0, 0.05) is 29.5 Å². The largest absolute Gasteiger partial charge is 0.507 e. The summed E-state index contributed by atoms with van der Waals surface area (Å²) in [4.78, 5) is 4.29. The molecule has 0 amide bonds. The monoisotopic (exact) mass is 439 g/mol. The van der Waals surface area contributed by atoms with Crippen LogP contribution < -0.4 is 5.30 Å². The van der Waals surface area contributed by atoms with E-state index in [9.17, 15) is 5.11 Å². The quantitative estimate of drug-likeness (QED) is 0.320. The topological polar surface area (TPSA) is 32.6 Å². The number of benzene rings is 2. The lowest BCUT2D eigenvalue weighted by atomic mass is 9.71. The fourth-order valence-corrected chi connectivity index (χ4v) is 6.31. The first-order valence-corrected chi connectivity index (χ1v) is 12.7. The summed E-state index contributed by atoms with van der Waals surface area (Å²) in [5.41, 5.74) is 5.76. The zero-order valence-electron chi connectivity index (χ0n) is 21.1. The van der Waals surface area contributed by atoms with Crippen LogP contribution in [0.4, 0.5) is 0 Å². The van der Waals surface area contributed by atoms with E-state index in [2.05, 4.69) is 90.7 Å². The van der Waals surface area contributed by atoms with Crippen molar-refractivity contribution in [3.63, 3.8) is 0 Å². The molecule has 2 aromatic carbocycles. The van der Waals surface area contributed by atoms with Crippen LogP contribution in [0.2, 0.25) is 0 Å². The third kappa shape index (κ3) is 5.58. The van der Waals surface area contributed by atoms with Gasteiger partial charge < -0.3 is 5.11 Å². The summed E-state index contributed by atoms with van der Waals surface area (Å²) < 4.78 is 0. The molecule has 0 spiro atoms. The average Bonchev–Trinajstić information content (AvgIpc) is 2.71. The average molecular weight is 440 g/mol. The molecule has 0 aromatic heterocycles. The van der Waals surface area contributed by atoms with Crippen molar-refractivity contribution >= 4 is 20.1 Å². The van der Waals surface area contributed by atoms with Gasteiger partial charge in [-0.05, 0) is 48.5 Å². The summed E-state index contributed by atoms with van der Waals surface area (Å²) in [5, 5.41) is 12.8. The second-order valence-electron chi connectivity index (χ2n) is 9.92. The van der Waals surface area contributed by atoms with Crippen LogP contribution in [0.1, 0.15) is 88.6 Å². The molecule has 31 heavy (non-hydrogen) atoms. The molecule has 0 saturated carbocycles. The van der Waals surface area contributed by atoms with Crippen molar-refractivity contribution in [2.24, 2.45) is 10.9 Å². The highest BCUT2D eigenvalue weighted by molar-refractivity contribution is 7.48. The zero-order valence-corrected chi connectivity index (χ0v) is 22.1. The molecule has 0 aliphatic rings. The second kappa shape index (κ2) is 10.3. The molecule has 3 heteroatoms. The summed E-state index contributed by atoms with van der Waals surface area (Å²) in [6.45, 7) is 17.9. The van der Waals surface area contributed by atoms with Crippen molar-refractivity contribution < 1.29 is 5.11 Å². The highest BCUT2D eigenvalue weighted by atomic mass is 31.1. The van der Waals surface area contributed by atoms with Crippen LogP contribution in [-0.4, -0.2) is 18.4 Å². The summed E-state index contributed by atoms with van der Waals surface area (Å²) in [6.07, 6.45) is 5.16. The van der Waals surface area contributed by atoms with Crippen molar-refractivity contribution in [2.45, 2.75) is 85.2 Å². The van der Waals surface area contributed by atoms with Crippen LogP contribution in [-0.2, 0) is 10.6 Å². The molecule has 170 valence electrons. The van der Waals surface area contributed by atoms with Gasteiger partial charge in [-0.15, -0.1) is 0 Å². The third-order valence-corrected chi connectivity index (χ3v) is 8.82. The molecular formula is C28H42NOP. The van der Waals surface area contributed by atoms with Gasteiger partial charge in [0.2, 0.25) is 0 Å². The number of aromatic hydroxyl groups is 1. The van der Waals surface area contributed by atoms with Gasteiger partial charge in [-0.25, -0.2) is 0 Å². The van der Waals surface area contributed by atoms with Gasteiger partial charge in [0.05, 0.1) is 0 Å². The van der Waals surface area contributed by atoms with Crippen LogP contribution in [0.5, 0.6) is 5.75 Å². The summed E-state index contributed by atoms with van der Waals surface area (Å²) in [7, 11) is 2.38. The van der Waals surface area contributed by atoms with Gasteiger partial charge in [0.25, 0.3) is 0 Å². The Morgan fingerprint density at radius 1 is 1.03 bits per heavy atom. The van der Waals surface area contributed by atoms with Crippen LogP contribution in [0.3, 0.4) is 0 Å². The first-order valence-electron chi connectivity index (χ1n) is 11.7. The van der Waals surface area contributed by atoms with E-state index in [1.54, 1.807) is 0 Å². The number of phenolic OH excluding ortho intramolecular Hbond substituents is 1. The number of phenols is 1. The predicted molar refractivity (Wildman–Crippen MR) is 140 cm³/mol. The molecule has 0 fully saturated rings. The Labute approximate surface area is 192 Å². The van der Waals surface area contributed by atoms with Gasteiger partial charge >= 0.3 is 0 Å². The lowest BCUT2D eigenvalue weighted by Gasteiger charge is -2.37.